The summed E-state index contributed by atoms with van der Waals surface area (Å²) in [6.45, 7) is 8.39. The third-order valence-electron chi connectivity index (χ3n) is 4.63. The molecule has 0 amide bonds. The van der Waals surface area contributed by atoms with Gasteiger partial charge in [0.2, 0.25) is 0 Å². The van der Waals surface area contributed by atoms with Gasteiger partial charge in [-0.1, -0.05) is 20.8 Å². The molecule has 2 heterocycles. The molecule has 1 aromatic carbocycles. The Kier molecular flexibility index (Phi) is 6.17. The molecule has 2 aromatic rings. The van der Waals surface area contributed by atoms with Crippen molar-refractivity contribution < 1.29 is 8.78 Å². The number of nitrogens with zero attached hydrogens (tertiary/aromatic N) is 3. The summed E-state index contributed by atoms with van der Waals surface area (Å²) >= 11 is 1.67. The zero-order valence-electron chi connectivity index (χ0n) is 16.7. The molecule has 0 radical (unpaired) electrons. The van der Waals surface area contributed by atoms with Gasteiger partial charge in [0.05, 0.1) is 22.9 Å². The molecule has 28 heavy (non-hydrogen) atoms. The van der Waals surface area contributed by atoms with Crippen LogP contribution in [0, 0.1) is 11.6 Å². The van der Waals surface area contributed by atoms with E-state index in [1.165, 1.54) is 12.1 Å². The van der Waals surface area contributed by atoms with E-state index in [1.807, 2.05) is 4.90 Å². The second-order valence-electron chi connectivity index (χ2n) is 7.99. The van der Waals surface area contributed by atoms with Gasteiger partial charge in [-0.15, -0.1) is 11.3 Å². The normalized spacial score (nSPS) is 17.9. The number of guanidine groups is 1. The predicted octanol–water partition coefficient (Wildman–Crippen LogP) is 3.66. The summed E-state index contributed by atoms with van der Waals surface area (Å²) < 4.78 is 27.1. The summed E-state index contributed by atoms with van der Waals surface area (Å²) in [5.74, 6) is -0.394. The van der Waals surface area contributed by atoms with Crippen LogP contribution in [0.15, 0.2) is 28.6 Å². The van der Waals surface area contributed by atoms with Crippen molar-refractivity contribution in [3.63, 3.8) is 0 Å². The highest BCUT2D eigenvalue weighted by Gasteiger charge is 2.25. The van der Waals surface area contributed by atoms with Gasteiger partial charge in [-0.3, -0.25) is 4.99 Å². The first kappa shape index (κ1) is 20.5. The van der Waals surface area contributed by atoms with E-state index in [2.05, 4.69) is 46.8 Å². The van der Waals surface area contributed by atoms with Crippen LogP contribution < -0.4 is 15.5 Å². The van der Waals surface area contributed by atoms with Gasteiger partial charge in [0.25, 0.3) is 0 Å². The summed E-state index contributed by atoms with van der Waals surface area (Å²) in [7, 11) is 1.73. The molecular weight excluding hydrogens is 380 g/mol. The lowest BCUT2D eigenvalue weighted by atomic mass is 9.98. The van der Waals surface area contributed by atoms with Crippen molar-refractivity contribution in [3.05, 3.63) is 45.9 Å². The zero-order valence-corrected chi connectivity index (χ0v) is 17.5. The summed E-state index contributed by atoms with van der Waals surface area (Å²) in [6, 6.07) is 3.85. The molecule has 1 saturated heterocycles. The van der Waals surface area contributed by atoms with Crippen molar-refractivity contribution in [1.82, 2.24) is 15.6 Å². The monoisotopic (exact) mass is 407 g/mol. The second-order valence-corrected chi connectivity index (χ2v) is 8.85. The van der Waals surface area contributed by atoms with Crippen molar-refractivity contribution >= 4 is 23.0 Å². The van der Waals surface area contributed by atoms with E-state index in [1.54, 1.807) is 18.4 Å². The molecule has 8 heteroatoms. The number of benzene rings is 1. The molecule has 0 aliphatic carbocycles. The number of hydrogen-bond acceptors (Lipinski definition) is 4. The van der Waals surface area contributed by atoms with E-state index < -0.39 is 11.6 Å². The average molecular weight is 408 g/mol. The molecule has 1 atom stereocenters. The van der Waals surface area contributed by atoms with Crippen LogP contribution in [0.25, 0.3) is 0 Å². The summed E-state index contributed by atoms with van der Waals surface area (Å²) in [6.07, 6.45) is 0.850. The van der Waals surface area contributed by atoms with E-state index in [0.717, 1.165) is 23.2 Å². The third-order valence-corrected chi connectivity index (χ3v) is 5.95. The maximum Gasteiger partial charge on any atom is 0.191 e. The predicted molar refractivity (Wildman–Crippen MR) is 111 cm³/mol. The molecule has 1 aliphatic heterocycles. The number of thiazole rings is 1. The van der Waals surface area contributed by atoms with Crippen LogP contribution in [0.4, 0.5) is 14.5 Å². The number of nitrogens with one attached hydrogen (secondary N) is 2. The largest absolute Gasteiger partial charge is 0.367 e. The van der Waals surface area contributed by atoms with Crippen molar-refractivity contribution in [2.75, 3.05) is 25.0 Å². The number of rotatable bonds is 4. The molecule has 1 unspecified atom stereocenters. The molecule has 1 fully saturated rings. The second kappa shape index (κ2) is 8.43. The van der Waals surface area contributed by atoms with Gasteiger partial charge in [0.1, 0.15) is 11.6 Å². The third kappa shape index (κ3) is 4.98. The molecule has 1 aliphatic rings. The van der Waals surface area contributed by atoms with Crippen molar-refractivity contribution in [2.24, 2.45) is 4.99 Å². The Morgan fingerprint density at radius 3 is 2.79 bits per heavy atom. The maximum atomic E-state index is 14.0. The molecule has 2 N–H and O–H groups in total. The van der Waals surface area contributed by atoms with Crippen LogP contribution in [-0.4, -0.2) is 37.1 Å². The Morgan fingerprint density at radius 1 is 1.36 bits per heavy atom. The number of aromatic nitrogens is 1. The quantitative estimate of drug-likeness (QED) is 0.600. The van der Waals surface area contributed by atoms with E-state index >= 15 is 0 Å². The first-order valence-corrected chi connectivity index (χ1v) is 10.3. The lowest BCUT2D eigenvalue weighted by molar-refractivity contribution is 0.580. The van der Waals surface area contributed by atoms with Crippen LogP contribution >= 0.6 is 11.3 Å². The fraction of sp³-hybridized carbons (Fsp3) is 0.500. The molecular formula is C20H27F2N5S. The SMILES string of the molecule is CN=C(NCc1csc(C(C)(C)C)n1)NC1CCN(c2ccc(F)cc2F)C1. The minimum Gasteiger partial charge on any atom is -0.367 e. The van der Waals surface area contributed by atoms with Gasteiger partial charge in [-0.05, 0) is 18.6 Å². The first-order chi connectivity index (χ1) is 13.3. The fourth-order valence-electron chi connectivity index (χ4n) is 3.13. The van der Waals surface area contributed by atoms with Crippen LogP contribution in [0.1, 0.15) is 37.9 Å². The van der Waals surface area contributed by atoms with E-state index in [9.17, 15) is 8.78 Å². The topological polar surface area (TPSA) is 52.6 Å². The summed E-state index contributed by atoms with van der Waals surface area (Å²) in [5.41, 5.74) is 1.47. The van der Waals surface area contributed by atoms with Gasteiger partial charge < -0.3 is 15.5 Å². The van der Waals surface area contributed by atoms with E-state index in [4.69, 9.17) is 0 Å². The number of aliphatic imine (C=N–C) groups is 1. The Bertz CT molecular complexity index is 843. The lowest BCUT2D eigenvalue weighted by Crippen LogP contribution is -2.44. The smallest absolute Gasteiger partial charge is 0.191 e. The first-order valence-electron chi connectivity index (χ1n) is 9.38. The fourth-order valence-corrected chi connectivity index (χ4v) is 4.04. The Morgan fingerprint density at radius 2 is 2.14 bits per heavy atom. The average Bonchev–Trinajstić information content (AvgIpc) is 3.27. The minimum atomic E-state index is -0.559. The van der Waals surface area contributed by atoms with E-state index in [-0.39, 0.29) is 11.5 Å². The van der Waals surface area contributed by atoms with Gasteiger partial charge in [-0.2, -0.15) is 0 Å². The zero-order chi connectivity index (χ0) is 20.3. The molecule has 5 nitrogen and oxygen atoms in total. The van der Waals surface area contributed by atoms with Gasteiger partial charge >= 0.3 is 0 Å². The van der Waals surface area contributed by atoms with Crippen LogP contribution in [0.2, 0.25) is 0 Å². The number of anilines is 1. The molecule has 0 saturated carbocycles. The standard InChI is InChI=1S/C20H27F2N5S/c1-20(2,3)18-25-15(12-28-18)10-24-19(23-4)26-14-7-8-27(11-14)17-6-5-13(21)9-16(17)22/h5-6,9,12,14H,7-8,10-11H2,1-4H3,(H2,23,24,26). The maximum absolute atomic E-state index is 14.0. The molecule has 0 spiro atoms. The van der Waals surface area contributed by atoms with Gasteiger partial charge in [0.15, 0.2) is 5.96 Å². The number of halogens is 2. The van der Waals surface area contributed by atoms with Crippen LogP contribution in [0.5, 0.6) is 0 Å². The summed E-state index contributed by atoms with van der Waals surface area (Å²) in [5, 5.41) is 9.85. The van der Waals surface area contributed by atoms with Crippen molar-refractivity contribution in [2.45, 2.75) is 45.2 Å². The van der Waals surface area contributed by atoms with Crippen LogP contribution in [-0.2, 0) is 12.0 Å². The minimum absolute atomic E-state index is 0.0474. The Labute approximate surface area is 168 Å². The van der Waals surface area contributed by atoms with Crippen molar-refractivity contribution in [1.29, 1.82) is 0 Å². The Hall–Kier alpha value is -2.22. The lowest BCUT2D eigenvalue weighted by Gasteiger charge is -2.20. The molecule has 0 bridgehead atoms. The number of hydrogen-bond donors (Lipinski definition) is 2. The molecule has 1 aromatic heterocycles. The van der Waals surface area contributed by atoms with Crippen LogP contribution in [0.3, 0.4) is 0 Å². The van der Waals surface area contributed by atoms with Crippen molar-refractivity contribution in [3.8, 4) is 0 Å². The van der Waals surface area contributed by atoms with Gasteiger partial charge in [0, 0.05) is 43.0 Å². The molecule has 3 rings (SSSR count). The highest BCUT2D eigenvalue weighted by atomic mass is 32.1. The van der Waals surface area contributed by atoms with E-state index in [0.29, 0.717) is 31.3 Å². The Balaban J connectivity index is 1.53. The highest BCUT2D eigenvalue weighted by Crippen LogP contribution is 2.26. The highest BCUT2D eigenvalue weighted by molar-refractivity contribution is 7.09. The summed E-state index contributed by atoms with van der Waals surface area (Å²) in [4.78, 5) is 10.9. The van der Waals surface area contributed by atoms with Gasteiger partial charge in [-0.25, -0.2) is 13.8 Å². The molecule has 152 valence electrons.